The number of hydrogen-bond donors (Lipinski definition) is 2. The van der Waals surface area contributed by atoms with Crippen LogP contribution in [0.4, 0.5) is 5.82 Å². The Morgan fingerprint density at radius 2 is 2.21 bits per heavy atom. The predicted octanol–water partition coefficient (Wildman–Crippen LogP) is 0.708. The van der Waals surface area contributed by atoms with Crippen molar-refractivity contribution in [1.29, 1.82) is 0 Å². The maximum atomic E-state index is 8.59. The van der Waals surface area contributed by atoms with E-state index in [1.165, 1.54) is 25.9 Å². The van der Waals surface area contributed by atoms with Gasteiger partial charge in [0.25, 0.3) is 0 Å². The van der Waals surface area contributed by atoms with Gasteiger partial charge in [0.05, 0.1) is 0 Å². The Bertz CT molecular complexity index is 425. The minimum absolute atomic E-state index is 0.0822. The number of aromatic nitrogens is 1. The molecule has 1 aliphatic heterocycles. The summed E-state index contributed by atoms with van der Waals surface area (Å²) in [6.07, 6.45) is 4.25. The fourth-order valence-electron chi connectivity index (χ4n) is 2.23. The molecule has 6 nitrogen and oxygen atoms in total. The van der Waals surface area contributed by atoms with Crippen LogP contribution in [0.2, 0.25) is 0 Å². The molecule has 6 heteroatoms. The van der Waals surface area contributed by atoms with Crippen LogP contribution in [0.15, 0.2) is 23.5 Å². The van der Waals surface area contributed by atoms with Crippen molar-refractivity contribution in [2.24, 2.45) is 10.9 Å². The largest absolute Gasteiger partial charge is 0.409 e. The molecule has 2 rings (SSSR count). The van der Waals surface area contributed by atoms with Gasteiger partial charge >= 0.3 is 0 Å². The number of hydrogen-bond acceptors (Lipinski definition) is 5. The Kier molecular flexibility index (Phi) is 4.57. The number of likely N-dealkylation sites (tertiary alicyclic amines) is 1. The Labute approximate surface area is 113 Å². The maximum Gasteiger partial charge on any atom is 0.171 e. The molecular formula is C13H21N5O. The Morgan fingerprint density at radius 1 is 1.47 bits per heavy atom. The van der Waals surface area contributed by atoms with E-state index < -0.39 is 0 Å². The molecule has 0 bridgehead atoms. The van der Waals surface area contributed by atoms with E-state index >= 15 is 0 Å². The first kappa shape index (κ1) is 13.6. The fraction of sp³-hybridized carbons (Fsp3) is 0.538. The van der Waals surface area contributed by atoms with E-state index in [1.54, 1.807) is 6.20 Å². The molecule has 0 amide bonds. The van der Waals surface area contributed by atoms with Gasteiger partial charge in [0.1, 0.15) is 5.82 Å². The van der Waals surface area contributed by atoms with Crippen molar-refractivity contribution in [1.82, 2.24) is 9.88 Å². The lowest BCUT2D eigenvalue weighted by Gasteiger charge is -2.22. The Hall–Kier alpha value is -1.82. The lowest BCUT2D eigenvalue weighted by Crippen LogP contribution is -2.31. The first-order chi connectivity index (χ1) is 9.20. The third-order valence-corrected chi connectivity index (χ3v) is 3.49. The van der Waals surface area contributed by atoms with E-state index in [4.69, 9.17) is 10.9 Å². The number of amidine groups is 1. The molecule has 0 radical (unpaired) electrons. The van der Waals surface area contributed by atoms with E-state index in [0.29, 0.717) is 5.56 Å². The number of likely N-dealkylation sites (N-methyl/N-ethyl adjacent to an activating group) is 1. The third kappa shape index (κ3) is 3.57. The standard InChI is InChI=1S/C13H21N5O/c1-17(8-9-18-6-2-3-7-18)12-5-4-11(10-15-12)13(14)16-19/h4-5,10,19H,2-3,6-9H2,1H3,(H2,14,16). The second-order valence-electron chi connectivity index (χ2n) is 4.86. The maximum absolute atomic E-state index is 8.59. The average molecular weight is 263 g/mol. The molecule has 104 valence electrons. The predicted molar refractivity (Wildman–Crippen MR) is 75.7 cm³/mol. The van der Waals surface area contributed by atoms with Crippen molar-refractivity contribution >= 4 is 11.7 Å². The van der Waals surface area contributed by atoms with Crippen molar-refractivity contribution in [3.8, 4) is 0 Å². The molecule has 0 spiro atoms. The number of nitrogens with two attached hydrogens (primary N) is 1. The highest BCUT2D eigenvalue weighted by Gasteiger charge is 2.12. The van der Waals surface area contributed by atoms with Gasteiger partial charge < -0.3 is 20.7 Å². The second-order valence-corrected chi connectivity index (χ2v) is 4.86. The van der Waals surface area contributed by atoms with E-state index in [9.17, 15) is 0 Å². The summed E-state index contributed by atoms with van der Waals surface area (Å²) in [6, 6.07) is 3.70. The van der Waals surface area contributed by atoms with Crippen LogP contribution < -0.4 is 10.6 Å². The van der Waals surface area contributed by atoms with E-state index in [2.05, 4.69) is 19.9 Å². The molecular weight excluding hydrogens is 242 g/mol. The Morgan fingerprint density at radius 3 is 2.79 bits per heavy atom. The van der Waals surface area contributed by atoms with Gasteiger partial charge in [0, 0.05) is 31.9 Å². The molecule has 0 aromatic carbocycles. The van der Waals surface area contributed by atoms with Crippen molar-refractivity contribution in [3.63, 3.8) is 0 Å². The van der Waals surface area contributed by atoms with Crippen LogP contribution in [0, 0.1) is 0 Å². The highest BCUT2D eigenvalue weighted by molar-refractivity contribution is 5.96. The third-order valence-electron chi connectivity index (χ3n) is 3.49. The highest BCUT2D eigenvalue weighted by Crippen LogP contribution is 2.11. The molecule has 1 aliphatic rings. The van der Waals surface area contributed by atoms with Crippen LogP contribution in [0.5, 0.6) is 0 Å². The highest BCUT2D eigenvalue weighted by atomic mass is 16.4. The molecule has 0 aliphatic carbocycles. The quantitative estimate of drug-likeness (QED) is 0.354. The summed E-state index contributed by atoms with van der Waals surface area (Å²) in [7, 11) is 2.03. The zero-order valence-corrected chi connectivity index (χ0v) is 11.3. The first-order valence-electron chi connectivity index (χ1n) is 6.58. The summed E-state index contributed by atoms with van der Waals surface area (Å²) in [5, 5.41) is 11.5. The van der Waals surface area contributed by atoms with Gasteiger partial charge in [-0.05, 0) is 38.1 Å². The number of rotatable bonds is 5. The van der Waals surface area contributed by atoms with Crippen molar-refractivity contribution in [3.05, 3.63) is 23.9 Å². The van der Waals surface area contributed by atoms with Crippen LogP contribution in [-0.4, -0.2) is 54.2 Å². The average Bonchev–Trinajstić information content (AvgIpc) is 2.97. The zero-order valence-electron chi connectivity index (χ0n) is 11.3. The summed E-state index contributed by atoms with van der Waals surface area (Å²) in [5.41, 5.74) is 6.13. The van der Waals surface area contributed by atoms with Crippen LogP contribution in [0.25, 0.3) is 0 Å². The van der Waals surface area contributed by atoms with Crippen molar-refractivity contribution < 1.29 is 5.21 Å². The molecule has 1 saturated heterocycles. The molecule has 1 fully saturated rings. The second kappa shape index (κ2) is 6.38. The topological polar surface area (TPSA) is 78.0 Å². The molecule has 0 unspecified atom stereocenters. The number of anilines is 1. The van der Waals surface area contributed by atoms with Crippen molar-refractivity contribution in [2.75, 3.05) is 38.1 Å². The summed E-state index contributed by atoms with van der Waals surface area (Å²) in [4.78, 5) is 8.92. The molecule has 1 aromatic rings. The fourth-order valence-corrected chi connectivity index (χ4v) is 2.23. The molecule has 3 N–H and O–H groups in total. The lowest BCUT2D eigenvalue weighted by molar-refractivity contribution is 0.318. The summed E-state index contributed by atoms with van der Waals surface area (Å²) in [6.45, 7) is 4.45. The van der Waals surface area contributed by atoms with Gasteiger partial charge in [-0.2, -0.15) is 0 Å². The van der Waals surface area contributed by atoms with Gasteiger partial charge in [-0.15, -0.1) is 0 Å². The van der Waals surface area contributed by atoms with Crippen molar-refractivity contribution in [2.45, 2.75) is 12.8 Å². The van der Waals surface area contributed by atoms with Gasteiger partial charge in [-0.25, -0.2) is 4.98 Å². The molecule has 19 heavy (non-hydrogen) atoms. The normalized spacial score (nSPS) is 16.8. The van der Waals surface area contributed by atoms with Gasteiger partial charge in [0.15, 0.2) is 5.84 Å². The molecule has 0 atom stereocenters. The van der Waals surface area contributed by atoms with Crippen LogP contribution >= 0.6 is 0 Å². The molecule has 1 aromatic heterocycles. The van der Waals surface area contributed by atoms with Gasteiger partial charge in [-0.1, -0.05) is 5.16 Å². The first-order valence-corrected chi connectivity index (χ1v) is 6.58. The van der Waals surface area contributed by atoms with Gasteiger partial charge in [0.2, 0.25) is 0 Å². The monoisotopic (exact) mass is 263 g/mol. The smallest absolute Gasteiger partial charge is 0.171 e. The number of nitrogens with zero attached hydrogens (tertiary/aromatic N) is 4. The van der Waals surface area contributed by atoms with Crippen LogP contribution in [0.3, 0.4) is 0 Å². The Balaban J connectivity index is 1.89. The van der Waals surface area contributed by atoms with E-state index in [1.807, 2.05) is 19.2 Å². The number of oxime groups is 1. The van der Waals surface area contributed by atoms with E-state index in [-0.39, 0.29) is 5.84 Å². The summed E-state index contributed by atoms with van der Waals surface area (Å²) < 4.78 is 0. The minimum atomic E-state index is 0.0822. The van der Waals surface area contributed by atoms with Crippen LogP contribution in [-0.2, 0) is 0 Å². The zero-order chi connectivity index (χ0) is 13.7. The lowest BCUT2D eigenvalue weighted by atomic mass is 10.2. The summed E-state index contributed by atoms with van der Waals surface area (Å²) >= 11 is 0. The van der Waals surface area contributed by atoms with Gasteiger partial charge in [-0.3, -0.25) is 0 Å². The molecule has 2 heterocycles. The van der Waals surface area contributed by atoms with E-state index in [0.717, 1.165) is 18.9 Å². The van der Waals surface area contributed by atoms with Crippen LogP contribution in [0.1, 0.15) is 18.4 Å². The molecule has 0 saturated carbocycles. The summed E-state index contributed by atoms with van der Waals surface area (Å²) in [5.74, 6) is 0.979. The number of pyridine rings is 1. The minimum Gasteiger partial charge on any atom is -0.409 e. The SMILES string of the molecule is CN(CCN1CCCC1)c1ccc(C(N)=NO)cn1.